The number of fused-ring (bicyclic) bond motifs is 1. The van der Waals surface area contributed by atoms with Crippen LogP contribution in [0.25, 0.3) is 0 Å². The first-order valence-electron chi connectivity index (χ1n) is 4.91. The van der Waals surface area contributed by atoms with Crippen LogP contribution in [-0.4, -0.2) is 42.4 Å². The Hall–Kier alpha value is -0.290. The van der Waals surface area contributed by atoms with E-state index in [0.29, 0.717) is 30.8 Å². The van der Waals surface area contributed by atoms with Crippen molar-refractivity contribution in [3.8, 4) is 0 Å². The molecule has 2 fully saturated rings. The number of aliphatic hydroxyl groups is 1. The molecule has 1 heterocycles. The number of likely N-dealkylation sites (tertiary alicyclic amines) is 1. The van der Waals surface area contributed by atoms with Gasteiger partial charge in [0.1, 0.15) is 0 Å². The summed E-state index contributed by atoms with van der Waals surface area (Å²) in [7, 11) is 0. The average Bonchev–Trinajstić information content (AvgIpc) is 2.54. The summed E-state index contributed by atoms with van der Waals surface area (Å²) in [6.45, 7) is 0.520. The number of aliphatic hydroxyl groups excluding tert-OH is 1. The first-order valence-corrected chi connectivity index (χ1v) is 4.91. The first-order chi connectivity index (χ1) is 6.51. The summed E-state index contributed by atoms with van der Waals surface area (Å²) in [6, 6.07) is 0. The van der Waals surface area contributed by atoms with Gasteiger partial charge in [-0.25, -0.2) is 0 Å². The quantitative estimate of drug-likeness (QED) is 0.752. The fourth-order valence-corrected chi connectivity index (χ4v) is 2.70. The van der Waals surface area contributed by atoms with E-state index >= 15 is 0 Å². The Balaban J connectivity index is 1.74. The van der Waals surface area contributed by atoms with Gasteiger partial charge in [0, 0.05) is 19.7 Å². The molecule has 82 valence electrons. The van der Waals surface area contributed by atoms with Crippen LogP contribution in [-0.2, 0) is 0 Å². The Kier molecular flexibility index (Phi) is 2.47. The number of rotatable bonds is 3. The van der Waals surface area contributed by atoms with Gasteiger partial charge in [0.05, 0.1) is 6.54 Å². The van der Waals surface area contributed by atoms with Gasteiger partial charge in [-0.05, 0) is 24.2 Å². The van der Waals surface area contributed by atoms with Crippen LogP contribution in [0.3, 0.4) is 0 Å². The molecule has 2 nitrogen and oxygen atoms in total. The molecule has 1 aliphatic carbocycles. The van der Waals surface area contributed by atoms with Crippen molar-refractivity contribution in [3.63, 3.8) is 0 Å². The summed E-state index contributed by atoms with van der Waals surface area (Å²) in [5.74, 6) is 1.33. The largest absolute Gasteiger partial charge is 0.401 e. The van der Waals surface area contributed by atoms with E-state index in [-0.39, 0.29) is 6.61 Å². The van der Waals surface area contributed by atoms with Crippen molar-refractivity contribution >= 4 is 0 Å². The molecule has 14 heavy (non-hydrogen) atoms. The summed E-state index contributed by atoms with van der Waals surface area (Å²) in [5.41, 5.74) is 0. The van der Waals surface area contributed by atoms with E-state index in [4.69, 9.17) is 5.11 Å². The van der Waals surface area contributed by atoms with Gasteiger partial charge in [0.2, 0.25) is 0 Å². The molecule has 3 atom stereocenters. The van der Waals surface area contributed by atoms with E-state index in [1.807, 2.05) is 0 Å². The lowest BCUT2D eigenvalue weighted by molar-refractivity contribution is -0.145. The van der Waals surface area contributed by atoms with Gasteiger partial charge in [0.15, 0.2) is 0 Å². The van der Waals surface area contributed by atoms with Gasteiger partial charge in [0.25, 0.3) is 0 Å². The molecule has 1 saturated heterocycles. The minimum absolute atomic E-state index is 0.164. The maximum Gasteiger partial charge on any atom is 0.401 e. The summed E-state index contributed by atoms with van der Waals surface area (Å²) < 4.78 is 36.0. The average molecular weight is 209 g/mol. The summed E-state index contributed by atoms with van der Waals surface area (Å²) in [6.07, 6.45) is -3.31. The normalized spacial score (nSPS) is 37.3. The van der Waals surface area contributed by atoms with Crippen LogP contribution in [0.4, 0.5) is 13.2 Å². The van der Waals surface area contributed by atoms with Gasteiger partial charge in [-0.3, -0.25) is 4.90 Å². The summed E-state index contributed by atoms with van der Waals surface area (Å²) >= 11 is 0. The second-order valence-corrected chi connectivity index (χ2v) is 4.31. The van der Waals surface area contributed by atoms with Crippen LogP contribution < -0.4 is 0 Å². The molecule has 1 saturated carbocycles. The number of piperidine rings is 1. The van der Waals surface area contributed by atoms with Crippen LogP contribution in [0.15, 0.2) is 0 Å². The predicted molar refractivity (Wildman–Crippen MR) is 44.7 cm³/mol. The summed E-state index contributed by atoms with van der Waals surface area (Å²) in [5, 5.41) is 8.69. The molecule has 0 aromatic carbocycles. The zero-order valence-corrected chi connectivity index (χ0v) is 7.80. The molecule has 0 bridgehead atoms. The third-order valence-corrected chi connectivity index (χ3v) is 3.31. The fourth-order valence-electron chi connectivity index (χ4n) is 2.70. The van der Waals surface area contributed by atoms with Gasteiger partial charge in [-0.15, -0.1) is 0 Å². The van der Waals surface area contributed by atoms with Crippen LogP contribution >= 0.6 is 0 Å². The Labute approximate surface area is 80.7 Å². The van der Waals surface area contributed by atoms with Gasteiger partial charge in [-0.2, -0.15) is 13.2 Å². The second-order valence-electron chi connectivity index (χ2n) is 4.31. The molecular weight excluding hydrogens is 195 g/mol. The van der Waals surface area contributed by atoms with Gasteiger partial charge < -0.3 is 5.11 Å². The second kappa shape index (κ2) is 3.38. The standard InChI is InChI=1S/C9H14F3NO/c10-9(11,12)5-13-3-7-6(1-2-14)8(7)4-13/h6-8,14H,1-5H2/t6?,7-,8+. The molecule has 1 unspecified atom stereocenters. The number of hydrogen-bond acceptors (Lipinski definition) is 2. The minimum atomic E-state index is -4.07. The van der Waals surface area contributed by atoms with E-state index in [1.165, 1.54) is 4.90 Å². The lowest BCUT2D eigenvalue weighted by atomic mass is 10.2. The monoisotopic (exact) mass is 209 g/mol. The Morgan fingerprint density at radius 1 is 1.21 bits per heavy atom. The van der Waals surface area contributed by atoms with E-state index in [2.05, 4.69) is 0 Å². The topological polar surface area (TPSA) is 23.5 Å². The number of nitrogens with zero attached hydrogens (tertiary/aromatic N) is 1. The maximum absolute atomic E-state index is 12.0. The summed E-state index contributed by atoms with van der Waals surface area (Å²) in [4.78, 5) is 1.48. The molecule has 0 spiro atoms. The molecule has 0 amide bonds. The van der Waals surface area contributed by atoms with Crippen LogP contribution in [0.5, 0.6) is 0 Å². The van der Waals surface area contributed by atoms with Gasteiger partial charge in [-0.1, -0.05) is 0 Å². The molecule has 0 aromatic rings. The lowest BCUT2D eigenvalue weighted by Crippen LogP contribution is -2.34. The lowest BCUT2D eigenvalue weighted by Gasteiger charge is -2.20. The molecule has 5 heteroatoms. The minimum Gasteiger partial charge on any atom is -0.396 e. The van der Waals surface area contributed by atoms with Gasteiger partial charge >= 0.3 is 6.18 Å². The van der Waals surface area contributed by atoms with Crippen molar-refractivity contribution in [3.05, 3.63) is 0 Å². The van der Waals surface area contributed by atoms with Crippen molar-refractivity contribution in [2.24, 2.45) is 17.8 Å². The molecular formula is C9H14F3NO. The molecule has 2 aliphatic rings. The van der Waals surface area contributed by atoms with Crippen molar-refractivity contribution in [2.75, 3.05) is 26.2 Å². The Morgan fingerprint density at radius 3 is 2.21 bits per heavy atom. The molecule has 2 rings (SSSR count). The highest BCUT2D eigenvalue weighted by atomic mass is 19.4. The van der Waals surface area contributed by atoms with Crippen molar-refractivity contribution in [1.82, 2.24) is 4.90 Å². The Morgan fingerprint density at radius 2 is 1.79 bits per heavy atom. The Bertz CT molecular complexity index is 207. The van der Waals surface area contributed by atoms with E-state index < -0.39 is 12.7 Å². The highest BCUT2D eigenvalue weighted by molar-refractivity contribution is 5.04. The van der Waals surface area contributed by atoms with E-state index in [0.717, 1.165) is 6.42 Å². The van der Waals surface area contributed by atoms with Crippen molar-refractivity contribution in [2.45, 2.75) is 12.6 Å². The van der Waals surface area contributed by atoms with Crippen LogP contribution in [0, 0.1) is 17.8 Å². The predicted octanol–water partition coefficient (Wildman–Crippen LogP) is 1.11. The highest BCUT2D eigenvalue weighted by Gasteiger charge is 2.55. The zero-order chi connectivity index (χ0) is 10.3. The fraction of sp³-hybridized carbons (Fsp3) is 1.00. The zero-order valence-electron chi connectivity index (χ0n) is 7.80. The van der Waals surface area contributed by atoms with Crippen LogP contribution in [0.2, 0.25) is 0 Å². The highest BCUT2D eigenvalue weighted by Crippen LogP contribution is 2.53. The first kappa shape index (κ1) is 10.2. The molecule has 0 aromatic heterocycles. The molecule has 1 N–H and O–H groups in total. The van der Waals surface area contributed by atoms with Crippen molar-refractivity contribution in [1.29, 1.82) is 0 Å². The number of hydrogen-bond donors (Lipinski definition) is 1. The van der Waals surface area contributed by atoms with Crippen molar-refractivity contribution < 1.29 is 18.3 Å². The maximum atomic E-state index is 12.0. The van der Waals surface area contributed by atoms with Crippen LogP contribution in [0.1, 0.15) is 6.42 Å². The third kappa shape index (κ3) is 2.03. The van der Waals surface area contributed by atoms with E-state index in [9.17, 15) is 13.2 Å². The SMILES string of the molecule is OCCC1[C@H]2CN(CC(F)(F)F)C[C@@H]12. The number of alkyl halides is 3. The number of halogens is 3. The third-order valence-electron chi connectivity index (χ3n) is 3.31. The van der Waals surface area contributed by atoms with E-state index in [1.54, 1.807) is 0 Å². The molecule has 0 radical (unpaired) electrons. The molecule has 1 aliphatic heterocycles. The smallest absolute Gasteiger partial charge is 0.396 e.